The highest BCUT2D eigenvalue weighted by molar-refractivity contribution is 7.99. The van der Waals surface area contributed by atoms with Gasteiger partial charge in [0.15, 0.2) is 5.16 Å². The minimum Gasteiger partial charge on any atom is -0.490 e. The second-order valence-corrected chi connectivity index (χ2v) is 15.1. The van der Waals surface area contributed by atoms with Gasteiger partial charge in [-0.1, -0.05) is 35.5 Å². The third-order valence-electron chi connectivity index (χ3n) is 10.9. The van der Waals surface area contributed by atoms with Crippen LogP contribution < -0.4 is 9.64 Å². The first kappa shape index (κ1) is 32.5. The quantitative estimate of drug-likeness (QED) is 0.0981. The van der Waals surface area contributed by atoms with Crippen LogP contribution in [0.4, 0.5) is 5.69 Å². The van der Waals surface area contributed by atoms with Crippen molar-refractivity contribution >= 4 is 35.0 Å². The van der Waals surface area contributed by atoms with Crippen LogP contribution in [0.2, 0.25) is 5.02 Å². The number of hydrogen-bond donors (Lipinski definition) is 0. The Labute approximate surface area is 287 Å². The number of aryl methyl sites for hydroxylation is 1. The van der Waals surface area contributed by atoms with Crippen molar-refractivity contribution in [3.63, 3.8) is 0 Å². The molecule has 5 atom stereocenters. The zero-order valence-corrected chi connectivity index (χ0v) is 28.9. The molecule has 1 unspecified atom stereocenters. The minimum atomic E-state index is -0.331. The maximum absolute atomic E-state index is 12.6. The molecule has 3 aliphatic carbocycles. The number of hydrogen-bond acceptors (Lipinski definition) is 8. The van der Waals surface area contributed by atoms with Crippen LogP contribution in [-0.4, -0.2) is 61.7 Å². The fraction of sp³-hybridized carbons (Fsp3) is 0.500. The number of ether oxygens (including phenoxy) is 3. The normalized spacial score (nSPS) is 25.8. The number of carbonyl (C=O) groups excluding carboxylic acids is 1. The van der Waals surface area contributed by atoms with Crippen LogP contribution in [-0.2, 0) is 21.3 Å². The molecular weight excluding hydrogens is 630 g/mol. The summed E-state index contributed by atoms with van der Waals surface area (Å²) in [5.41, 5.74) is 5.49. The fourth-order valence-corrected chi connectivity index (χ4v) is 9.49. The van der Waals surface area contributed by atoms with Gasteiger partial charge in [-0.2, -0.15) is 0 Å². The van der Waals surface area contributed by atoms with E-state index in [1.165, 1.54) is 30.2 Å². The third kappa shape index (κ3) is 6.79. The van der Waals surface area contributed by atoms with E-state index in [9.17, 15) is 4.79 Å². The van der Waals surface area contributed by atoms with Crippen LogP contribution >= 0.6 is 23.4 Å². The second-order valence-electron chi connectivity index (χ2n) is 13.7. The molecule has 47 heavy (non-hydrogen) atoms. The molecule has 4 aliphatic rings. The molecule has 3 aromatic rings. The van der Waals surface area contributed by atoms with E-state index in [0.717, 1.165) is 85.4 Å². The van der Waals surface area contributed by atoms with E-state index in [2.05, 4.69) is 33.1 Å². The number of benzene rings is 2. The first-order valence-electron chi connectivity index (χ1n) is 17.0. The van der Waals surface area contributed by atoms with Gasteiger partial charge in [0.2, 0.25) is 0 Å². The Morgan fingerprint density at radius 2 is 2.00 bits per heavy atom. The number of thioether (sulfide) groups is 1. The van der Waals surface area contributed by atoms with Crippen molar-refractivity contribution in [1.82, 2.24) is 9.97 Å². The highest BCUT2D eigenvalue weighted by Crippen LogP contribution is 2.48. The predicted octanol–water partition coefficient (Wildman–Crippen LogP) is 7.95. The topological polar surface area (TPSA) is 73.8 Å². The van der Waals surface area contributed by atoms with Gasteiger partial charge in [-0.3, -0.25) is 0 Å². The first-order valence-corrected chi connectivity index (χ1v) is 18.3. The van der Waals surface area contributed by atoms with Gasteiger partial charge in [-0.05, 0) is 122 Å². The molecule has 0 bridgehead atoms. The highest BCUT2D eigenvalue weighted by atomic mass is 35.5. The lowest BCUT2D eigenvalue weighted by molar-refractivity contribution is 0.00323. The van der Waals surface area contributed by atoms with Crippen LogP contribution in [0.25, 0.3) is 0 Å². The monoisotopic (exact) mass is 673 g/mol. The van der Waals surface area contributed by atoms with Gasteiger partial charge in [0, 0.05) is 48.8 Å². The number of rotatable bonds is 9. The molecule has 1 fully saturated rings. The average molecular weight is 674 g/mol. The Hall–Kier alpha value is -3.07. The molecule has 1 saturated carbocycles. The molecule has 248 valence electrons. The zero-order chi connectivity index (χ0) is 32.4. The molecule has 0 radical (unpaired) electrons. The number of esters is 1. The van der Waals surface area contributed by atoms with Crippen LogP contribution in [0.1, 0.15) is 66.4 Å². The Balaban J connectivity index is 1.11. The summed E-state index contributed by atoms with van der Waals surface area (Å²) in [4.78, 5) is 23.9. The highest BCUT2D eigenvalue weighted by Gasteiger charge is 2.45. The summed E-state index contributed by atoms with van der Waals surface area (Å²) < 4.78 is 18.0. The summed E-state index contributed by atoms with van der Waals surface area (Å²) in [5.74, 6) is 3.10. The summed E-state index contributed by atoms with van der Waals surface area (Å²) in [5, 5.41) is 1.64. The number of fused-ring (bicyclic) bond motifs is 3. The van der Waals surface area contributed by atoms with E-state index in [0.29, 0.717) is 29.9 Å². The molecule has 0 amide bonds. The molecule has 2 heterocycles. The summed E-state index contributed by atoms with van der Waals surface area (Å²) in [6.45, 7) is 2.31. The first-order chi connectivity index (χ1) is 23.0. The van der Waals surface area contributed by atoms with Crippen molar-refractivity contribution in [1.29, 1.82) is 0 Å². The molecule has 0 saturated heterocycles. The minimum absolute atomic E-state index is 0.135. The van der Waals surface area contributed by atoms with E-state index in [-0.39, 0.29) is 17.5 Å². The second kappa shape index (κ2) is 14.2. The van der Waals surface area contributed by atoms with Crippen molar-refractivity contribution in [2.75, 3.05) is 44.6 Å². The molecule has 0 N–H and O–H groups in total. The Morgan fingerprint density at radius 3 is 2.74 bits per heavy atom. The summed E-state index contributed by atoms with van der Waals surface area (Å²) in [6.07, 6.45) is 15.0. The summed E-state index contributed by atoms with van der Waals surface area (Å²) in [6, 6.07) is 14.0. The van der Waals surface area contributed by atoms with Gasteiger partial charge in [-0.15, -0.1) is 0 Å². The van der Waals surface area contributed by atoms with Gasteiger partial charge in [-0.25, -0.2) is 14.8 Å². The van der Waals surface area contributed by atoms with Crippen molar-refractivity contribution < 1.29 is 19.0 Å². The van der Waals surface area contributed by atoms with Crippen molar-refractivity contribution in [2.24, 2.45) is 17.8 Å². The molecule has 7 rings (SSSR count). The number of nitrogens with zero attached hydrogens (tertiary/aromatic N) is 3. The fourth-order valence-electron chi connectivity index (χ4n) is 8.33. The predicted molar refractivity (Wildman–Crippen MR) is 187 cm³/mol. The van der Waals surface area contributed by atoms with Crippen LogP contribution in [0.15, 0.2) is 71.7 Å². The van der Waals surface area contributed by atoms with E-state index in [1.54, 1.807) is 11.8 Å². The number of carbonyl (C=O) groups is 1. The molecule has 1 spiro atoms. The average Bonchev–Trinajstić information content (AvgIpc) is 3.25. The standard InChI is InChI=1S/C38H44ClN3O4S/c1-44-35(26-8-6-25(7-9-26)22-47-37-40-17-4-18-41-37)31-13-10-29(31)21-42-23-38(16-3-5-27-19-30(39)12-14-32(27)38)24-46-34-15-11-28(20-33(34)42)36(43)45-2/h4,8,11-12,14-15,17-20,25,29,31,35H,3,5-7,9-10,13,16,21-24H2,1-2H3/t25-,29-,31+,35-,38?/m0/s1. The lowest BCUT2D eigenvalue weighted by Crippen LogP contribution is -2.50. The van der Waals surface area contributed by atoms with Gasteiger partial charge in [0.1, 0.15) is 5.75 Å². The molecule has 7 nitrogen and oxygen atoms in total. The van der Waals surface area contributed by atoms with E-state index in [4.69, 9.17) is 25.8 Å². The SMILES string of the molecule is COC(=O)c1ccc2c(c1)N(C[C@@H]1CC[C@H]1[C@@H](OC)C1=CC[C@H](CSc3ncccn3)CC1)CC1(CCCc3cc(Cl)ccc31)CO2. The lowest BCUT2D eigenvalue weighted by atomic mass is 9.66. The number of anilines is 1. The number of allylic oxidation sites excluding steroid dienone is 1. The van der Waals surface area contributed by atoms with Crippen LogP contribution in [0.3, 0.4) is 0 Å². The largest absolute Gasteiger partial charge is 0.490 e. The van der Waals surface area contributed by atoms with Crippen molar-refractivity contribution in [3.05, 3.63) is 88.2 Å². The van der Waals surface area contributed by atoms with Crippen LogP contribution in [0.5, 0.6) is 5.75 Å². The van der Waals surface area contributed by atoms with Gasteiger partial charge in [0.05, 0.1) is 31.1 Å². The Bertz CT molecular complexity index is 1620. The zero-order valence-electron chi connectivity index (χ0n) is 27.3. The Kier molecular flexibility index (Phi) is 9.81. The maximum atomic E-state index is 12.6. The molecule has 9 heteroatoms. The van der Waals surface area contributed by atoms with E-state index >= 15 is 0 Å². The summed E-state index contributed by atoms with van der Waals surface area (Å²) in [7, 11) is 3.32. The molecule has 1 aliphatic heterocycles. The van der Waals surface area contributed by atoms with Crippen molar-refractivity contribution in [2.45, 2.75) is 68.0 Å². The van der Waals surface area contributed by atoms with E-state index in [1.807, 2.05) is 49.8 Å². The Morgan fingerprint density at radius 1 is 1.13 bits per heavy atom. The smallest absolute Gasteiger partial charge is 0.337 e. The molecule has 1 aromatic heterocycles. The number of aromatic nitrogens is 2. The van der Waals surface area contributed by atoms with Crippen LogP contribution in [0, 0.1) is 17.8 Å². The van der Waals surface area contributed by atoms with Gasteiger partial charge < -0.3 is 19.1 Å². The molecular formula is C38H44ClN3O4S. The van der Waals surface area contributed by atoms with Crippen molar-refractivity contribution in [3.8, 4) is 5.75 Å². The lowest BCUT2D eigenvalue weighted by Gasteiger charge is -2.47. The number of halogens is 1. The van der Waals surface area contributed by atoms with E-state index < -0.39 is 0 Å². The third-order valence-corrected chi connectivity index (χ3v) is 12.3. The number of methoxy groups -OCH3 is 2. The maximum Gasteiger partial charge on any atom is 0.337 e. The molecule has 2 aromatic carbocycles. The van der Waals surface area contributed by atoms with Gasteiger partial charge in [0.25, 0.3) is 0 Å². The summed E-state index contributed by atoms with van der Waals surface area (Å²) >= 11 is 8.21. The van der Waals surface area contributed by atoms with Gasteiger partial charge >= 0.3 is 5.97 Å².